The second kappa shape index (κ2) is 7.54. The summed E-state index contributed by atoms with van der Waals surface area (Å²) in [6.07, 6.45) is 2.48. The Morgan fingerprint density at radius 2 is 1.72 bits per heavy atom. The summed E-state index contributed by atoms with van der Waals surface area (Å²) in [5, 5.41) is 4.69. The van der Waals surface area contributed by atoms with Gasteiger partial charge in [0.15, 0.2) is 0 Å². The molecule has 2 fully saturated rings. The molecule has 4 rings (SSSR count). The van der Waals surface area contributed by atoms with Crippen LogP contribution in [0, 0.1) is 0 Å². The minimum Gasteiger partial charge on any atom is -0.368 e. The first-order valence-corrected chi connectivity index (χ1v) is 9.46. The third-order valence-electron chi connectivity index (χ3n) is 5.30. The molecule has 0 atom stereocenters. The number of nitrogens with one attached hydrogen (secondary N) is 1. The first kappa shape index (κ1) is 16.5. The van der Waals surface area contributed by atoms with Gasteiger partial charge in [0.25, 0.3) is 0 Å². The molecule has 2 saturated heterocycles. The largest absolute Gasteiger partial charge is 0.368 e. The number of anilines is 2. The van der Waals surface area contributed by atoms with E-state index in [1.165, 1.54) is 12.8 Å². The lowest BCUT2D eigenvalue weighted by Crippen LogP contribution is -2.45. The maximum Gasteiger partial charge on any atom is 0.227 e. The van der Waals surface area contributed by atoms with Gasteiger partial charge in [0.05, 0.1) is 5.52 Å². The number of hydrogen-bond donors (Lipinski definition) is 1. The fraction of sp³-hybridized carbons (Fsp3) is 0.579. The molecule has 0 aliphatic carbocycles. The molecule has 1 aromatic heterocycles. The lowest BCUT2D eigenvalue weighted by molar-refractivity contribution is 0.158. The van der Waals surface area contributed by atoms with Crippen LogP contribution in [0.15, 0.2) is 24.3 Å². The molecule has 134 valence electrons. The molecular formula is C19H28N6. The highest BCUT2D eigenvalue weighted by molar-refractivity contribution is 5.90. The third-order valence-corrected chi connectivity index (χ3v) is 5.30. The van der Waals surface area contributed by atoms with Crippen LogP contribution in [-0.2, 0) is 0 Å². The molecule has 2 aromatic rings. The van der Waals surface area contributed by atoms with Gasteiger partial charge in [-0.25, -0.2) is 4.98 Å². The topological polar surface area (TPSA) is 47.5 Å². The molecule has 2 aliphatic heterocycles. The number of nitrogens with zero attached hydrogens (tertiary/aromatic N) is 5. The highest BCUT2D eigenvalue weighted by atomic mass is 15.3. The summed E-state index contributed by atoms with van der Waals surface area (Å²) in [4.78, 5) is 16.9. The van der Waals surface area contributed by atoms with Gasteiger partial charge in [-0.2, -0.15) is 4.98 Å². The first-order chi connectivity index (χ1) is 12.3. The molecule has 0 amide bonds. The fourth-order valence-corrected chi connectivity index (χ4v) is 3.66. The van der Waals surface area contributed by atoms with E-state index < -0.39 is 0 Å². The normalized spacial score (nSPS) is 19.6. The number of fused-ring (bicyclic) bond motifs is 1. The number of para-hydroxylation sites is 1. The predicted molar refractivity (Wildman–Crippen MR) is 103 cm³/mol. The van der Waals surface area contributed by atoms with E-state index in [1.54, 1.807) is 0 Å². The van der Waals surface area contributed by atoms with Gasteiger partial charge in [-0.1, -0.05) is 12.1 Å². The number of benzene rings is 1. The Morgan fingerprint density at radius 1 is 0.960 bits per heavy atom. The van der Waals surface area contributed by atoms with Gasteiger partial charge in [-0.3, -0.25) is 4.90 Å². The zero-order chi connectivity index (χ0) is 17.1. The summed E-state index contributed by atoms with van der Waals surface area (Å²) in [6.45, 7) is 8.75. The van der Waals surface area contributed by atoms with Crippen LogP contribution in [0.5, 0.6) is 0 Å². The fourth-order valence-electron chi connectivity index (χ4n) is 3.66. The number of likely N-dealkylation sites (N-methyl/N-ethyl adjacent to an activating group) is 1. The molecule has 25 heavy (non-hydrogen) atoms. The molecule has 0 saturated carbocycles. The van der Waals surface area contributed by atoms with Crippen molar-refractivity contribution in [1.29, 1.82) is 0 Å². The third kappa shape index (κ3) is 3.85. The maximum atomic E-state index is 4.85. The molecule has 0 bridgehead atoms. The minimum atomic E-state index is 0.873. The number of hydrogen-bond acceptors (Lipinski definition) is 6. The maximum absolute atomic E-state index is 4.85. The highest BCUT2D eigenvalue weighted by Crippen LogP contribution is 2.25. The van der Waals surface area contributed by atoms with Crippen molar-refractivity contribution in [2.75, 3.05) is 69.6 Å². The van der Waals surface area contributed by atoms with E-state index in [4.69, 9.17) is 9.97 Å². The van der Waals surface area contributed by atoms with E-state index >= 15 is 0 Å². The van der Waals surface area contributed by atoms with Crippen LogP contribution in [0.25, 0.3) is 10.9 Å². The molecule has 0 spiro atoms. The standard InChI is InChI=1S/C19H28N6/c1-23-12-14-24(15-13-23)11-8-20-18-16-6-2-3-7-17(16)21-19(22-18)25-9-4-5-10-25/h2-3,6-7H,4-5,8-15H2,1H3,(H,20,21,22). The van der Waals surface area contributed by atoms with Crippen molar-refractivity contribution in [1.82, 2.24) is 19.8 Å². The van der Waals surface area contributed by atoms with Gasteiger partial charge < -0.3 is 15.1 Å². The minimum absolute atomic E-state index is 0.873. The van der Waals surface area contributed by atoms with E-state index in [9.17, 15) is 0 Å². The van der Waals surface area contributed by atoms with Gasteiger partial charge in [-0.05, 0) is 32.0 Å². The summed E-state index contributed by atoms with van der Waals surface area (Å²) in [5.74, 6) is 1.85. The van der Waals surface area contributed by atoms with Crippen LogP contribution >= 0.6 is 0 Å². The van der Waals surface area contributed by atoms with Gasteiger partial charge in [0.2, 0.25) is 5.95 Å². The van der Waals surface area contributed by atoms with Crippen LogP contribution in [0.1, 0.15) is 12.8 Å². The lowest BCUT2D eigenvalue weighted by Gasteiger charge is -2.32. The van der Waals surface area contributed by atoms with Gasteiger partial charge >= 0.3 is 0 Å². The monoisotopic (exact) mass is 340 g/mol. The van der Waals surface area contributed by atoms with Crippen LogP contribution in [-0.4, -0.2) is 79.2 Å². The van der Waals surface area contributed by atoms with Crippen LogP contribution < -0.4 is 10.2 Å². The Bertz CT molecular complexity index is 704. The van der Waals surface area contributed by atoms with Gasteiger partial charge in [-0.15, -0.1) is 0 Å². The number of piperazine rings is 1. The second-order valence-electron chi connectivity index (χ2n) is 7.16. The predicted octanol–water partition coefficient (Wildman–Crippen LogP) is 1.89. The molecule has 0 unspecified atom stereocenters. The Balaban J connectivity index is 1.47. The van der Waals surface area contributed by atoms with Crippen LogP contribution in [0.2, 0.25) is 0 Å². The summed E-state index contributed by atoms with van der Waals surface area (Å²) < 4.78 is 0. The molecule has 6 nitrogen and oxygen atoms in total. The van der Waals surface area contributed by atoms with Gasteiger partial charge in [0, 0.05) is 57.7 Å². The summed E-state index contributed by atoms with van der Waals surface area (Å²) >= 11 is 0. The Kier molecular flexibility index (Phi) is 4.99. The Hall–Kier alpha value is -1.92. The molecule has 2 aliphatic rings. The van der Waals surface area contributed by atoms with Gasteiger partial charge in [0.1, 0.15) is 5.82 Å². The molecule has 6 heteroatoms. The Morgan fingerprint density at radius 3 is 2.52 bits per heavy atom. The summed E-state index contributed by atoms with van der Waals surface area (Å²) in [6, 6.07) is 8.31. The highest BCUT2D eigenvalue weighted by Gasteiger charge is 2.18. The average molecular weight is 340 g/mol. The van der Waals surface area contributed by atoms with E-state index in [-0.39, 0.29) is 0 Å². The molecule has 1 aromatic carbocycles. The van der Waals surface area contributed by atoms with Crippen molar-refractivity contribution < 1.29 is 0 Å². The zero-order valence-electron chi connectivity index (χ0n) is 15.1. The number of rotatable bonds is 5. The van der Waals surface area contributed by atoms with E-state index in [0.29, 0.717) is 0 Å². The van der Waals surface area contributed by atoms with Crippen molar-refractivity contribution in [3.63, 3.8) is 0 Å². The number of aromatic nitrogens is 2. The molecule has 1 N–H and O–H groups in total. The van der Waals surface area contributed by atoms with E-state index in [0.717, 1.165) is 75.0 Å². The van der Waals surface area contributed by atoms with Crippen molar-refractivity contribution in [2.24, 2.45) is 0 Å². The van der Waals surface area contributed by atoms with Crippen molar-refractivity contribution in [3.05, 3.63) is 24.3 Å². The second-order valence-corrected chi connectivity index (χ2v) is 7.16. The van der Waals surface area contributed by atoms with E-state index in [1.807, 2.05) is 0 Å². The summed E-state index contributed by atoms with van der Waals surface area (Å²) in [7, 11) is 2.20. The van der Waals surface area contributed by atoms with Crippen LogP contribution in [0.3, 0.4) is 0 Å². The molecule has 0 radical (unpaired) electrons. The molecule has 3 heterocycles. The summed E-state index contributed by atoms with van der Waals surface area (Å²) in [5.41, 5.74) is 1.03. The van der Waals surface area contributed by atoms with Crippen molar-refractivity contribution in [2.45, 2.75) is 12.8 Å². The lowest BCUT2D eigenvalue weighted by atomic mass is 10.2. The van der Waals surface area contributed by atoms with Crippen LogP contribution in [0.4, 0.5) is 11.8 Å². The quantitative estimate of drug-likeness (QED) is 0.897. The smallest absolute Gasteiger partial charge is 0.227 e. The van der Waals surface area contributed by atoms with Crippen molar-refractivity contribution in [3.8, 4) is 0 Å². The first-order valence-electron chi connectivity index (χ1n) is 9.46. The Labute approximate surface area is 149 Å². The molecular weight excluding hydrogens is 312 g/mol. The van der Waals surface area contributed by atoms with Crippen molar-refractivity contribution >= 4 is 22.7 Å². The average Bonchev–Trinajstić information content (AvgIpc) is 3.18. The van der Waals surface area contributed by atoms with E-state index in [2.05, 4.69) is 51.3 Å². The SMILES string of the molecule is CN1CCN(CCNc2nc(N3CCCC3)nc3ccccc23)CC1. The zero-order valence-corrected chi connectivity index (χ0v) is 15.1.